The molecule has 6 nitrogen and oxygen atoms in total. The molecule has 0 aliphatic heterocycles. The Morgan fingerprint density at radius 2 is 2.05 bits per heavy atom. The van der Waals surface area contributed by atoms with Gasteiger partial charge in [0.1, 0.15) is 15.6 Å². The molecule has 0 saturated carbocycles. The molecule has 0 fully saturated rings. The number of aromatic nitrogens is 4. The molecule has 0 amide bonds. The van der Waals surface area contributed by atoms with E-state index in [1.807, 2.05) is 30.3 Å². The van der Waals surface area contributed by atoms with Crippen LogP contribution in [0.5, 0.6) is 0 Å². The van der Waals surface area contributed by atoms with Gasteiger partial charge in [0.15, 0.2) is 0 Å². The summed E-state index contributed by atoms with van der Waals surface area (Å²) >= 11 is 1.25. The average Bonchev–Trinajstić information content (AvgIpc) is 3.14. The van der Waals surface area contributed by atoms with Crippen molar-refractivity contribution in [3.05, 3.63) is 47.1 Å². The second kappa shape index (κ2) is 5.45. The van der Waals surface area contributed by atoms with Crippen LogP contribution in [0.3, 0.4) is 0 Å². The van der Waals surface area contributed by atoms with Crippen LogP contribution in [0.25, 0.3) is 16.4 Å². The van der Waals surface area contributed by atoms with Gasteiger partial charge in [-0.1, -0.05) is 18.2 Å². The molecular weight excluding hydrogens is 288 g/mol. The van der Waals surface area contributed by atoms with Crippen molar-refractivity contribution < 1.29 is 9.53 Å². The van der Waals surface area contributed by atoms with Gasteiger partial charge in [0.25, 0.3) is 0 Å². The van der Waals surface area contributed by atoms with Gasteiger partial charge in [-0.05, 0) is 19.1 Å². The molecule has 0 aliphatic rings. The number of carbonyl (C=O) groups excluding carboxylic acids is 1. The van der Waals surface area contributed by atoms with Crippen molar-refractivity contribution in [2.75, 3.05) is 7.11 Å². The Hall–Kier alpha value is -2.54. The van der Waals surface area contributed by atoms with Crippen LogP contribution >= 0.6 is 11.3 Å². The molecule has 0 N–H and O–H groups in total. The van der Waals surface area contributed by atoms with Gasteiger partial charge in [-0.25, -0.2) is 9.78 Å². The van der Waals surface area contributed by atoms with Crippen LogP contribution in [0.2, 0.25) is 0 Å². The van der Waals surface area contributed by atoms with Gasteiger partial charge in [0.05, 0.1) is 24.7 Å². The summed E-state index contributed by atoms with van der Waals surface area (Å²) in [5.74, 6) is -0.383. The molecule has 2 aromatic heterocycles. The topological polar surface area (TPSA) is 69.9 Å². The number of esters is 1. The average molecular weight is 300 g/mol. The SMILES string of the molecule is COC(=O)c1sc(-c2cnn(-c3ccccc3)n2)nc1C. The molecule has 1 aromatic carbocycles. The molecule has 0 atom stereocenters. The minimum Gasteiger partial charge on any atom is -0.465 e. The molecule has 0 aliphatic carbocycles. The summed E-state index contributed by atoms with van der Waals surface area (Å²) in [5.41, 5.74) is 2.13. The van der Waals surface area contributed by atoms with Crippen molar-refractivity contribution in [3.63, 3.8) is 0 Å². The lowest BCUT2D eigenvalue weighted by atomic mass is 10.3. The molecule has 0 radical (unpaired) electrons. The van der Waals surface area contributed by atoms with Gasteiger partial charge in [0, 0.05) is 0 Å². The van der Waals surface area contributed by atoms with E-state index >= 15 is 0 Å². The van der Waals surface area contributed by atoms with Gasteiger partial charge in [0.2, 0.25) is 0 Å². The maximum Gasteiger partial charge on any atom is 0.349 e. The minimum absolute atomic E-state index is 0.383. The molecule has 3 aromatic rings. The number of rotatable bonds is 3. The molecule has 0 unspecified atom stereocenters. The van der Waals surface area contributed by atoms with Crippen LogP contribution in [-0.2, 0) is 4.74 Å². The first-order valence-electron chi connectivity index (χ1n) is 6.23. The highest BCUT2D eigenvalue weighted by Crippen LogP contribution is 2.26. The smallest absolute Gasteiger partial charge is 0.349 e. The summed E-state index contributed by atoms with van der Waals surface area (Å²) in [6.07, 6.45) is 1.63. The highest BCUT2D eigenvalue weighted by Gasteiger charge is 2.18. The first kappa shape index (κ1) is 13.4. The number of para-hydroxylation sites is 1. The summed E-state index contributed by atoms with van der Waals surface area (Å²) < 4.78 is 4.73. The third-order valence-electron chi connectivity index (χ3n) is 2.87. The molecule has 3 rings (SSSR count). The fraction of sp³-hybridized carbons (Fsp3) is 0.143. The van der Waals surface area contributed by atoms with Crippen molar-refractivity contribution in [1.29, 1.82) is 0 Å². The van der Waals surface area contributed by atoms with Crippen molar-refractivity contribution in [2.45, 2.75) is 6.92 Å². The molecule has 0 bridgehead atoms. The quantitative estimate of drug-likeness (QED) is 0.695. The monoisotopic (exact) mass is 300 g/mol. The van der Waals surface area contributed by atoms with Gasteiger partial charge >= 0.3 is 5.97 Å². The van der Waals surface area contributed by atoms with E-state index in [2.05, 4.69) is 15.2 Å². The lowest BCUT2D eigenvalue weighted by Crippen LogP contribution is -1.99. The summed E-state index contributed by atoms with van der Waals surface area (Å²) in [5, 5.41) is 9.26. The zero-order valence-electron chi connectivity index (χ0n) is 11.5. The van der Waals surface area contributed by atoms with E-state index in [4.69, 9.17) is 4.74 Å². The van der Waals surface area contributed by atoms with E-state index in [-0.39, 0.29) is 5.97 Å². The number of thiazole rings is 1. The largest absolute Gasteiger partial charge is 0.465 e. The van der Waals surface area contributed by atoms with Gasteiger partial charge in [-0.2, -0.15) is 9.90 Å². The second-order valence-corrected chi connectivity index (χ2v) is 5.28. The molecule has 21 heavy (non-hydrogen) atoms. The summed E-state index contributed by atoms with van der Waals surface area (Å²) in [4.78, 5) is 18.0. The van der Waals surface area contributed by atoms with Crippen LogP contribution in [0.1, 0.15) is 15.4 Å². The number of aryl methyl sites for hydroxylation is 1. The zero-order valence-corrected chi connectivity index (χ0v) is 12.3. The van der Waals surface area contributed by atoms with E-state index in [0.717, 1.165) is 5.69 Å². The highest BCUT2D eigenvalue weighted by atomic mass is 32.1. The normalized spacial score (nSPS) is 10.6. The van der Waals surface area contributed by atoms with E-state index < -0.39 is 0 Å². The fourth-order valence-corrected chi connectivity index (χ4v) is 2.77. The Balaban J connectivity index is 1.96. The van der Waals surface area contributed by atoms with Crippen LogP contribution in [0.4, 0.5) is 0 Å². The van der Waals surface area contributed by atoms with Gasteiger partial charge in [-0.15, -0.1) is 16.4 Å². The predicted octanol–water partition coefficient (Wildman–Crippen LogP) is 2.49. The molecule has 2 heterocycles. The third kappa shape index (κ3) is 2.55. The Kier molecular flexibility index (Phi) is 3.49. The zero-order chi connectivity index (χ0) is 14.8. The van der Waals surface area contributed by atoms with Crippen LogP contribution < -0.4 is 0 Å². The Morgan fingerprint density at radius 1 is 1.29 bits per heavy atom. The first-order chi connectivity index (χ1) is 10.2. The van der Waals surface area contributed by atoms with Gasteiger partial charge in [-0.3, -0.25) is 0 Å². The summed E-state index contributed by atoms with van der Waals surface area (Å²) in [6.45, 7) is 1.77. The van der Waals surface area contributed by atoms with Gasteiger partial charge < -0.3 is 4.74 Å². The Labute approximate surface area is 125 Å². The lowest BCUT2D eigenvalue weighted by molar-refractivity contribution is 0.0605. The van der Waals surface area contributed by atoms with E-state index in [1.165, 1.54) is 23.2 Å². The molecular formula is C14H12N4O2S. The number of hydrogen-bond acceptors (Lipinski definition) is 6. The number of ether oxygens (including phenoxy) is 1. The van der Waals surface area contributed by atoms with Crippen LogP contribution in [0.15, 0.2) is 36.5 Å². The van der Waals surface area contributed by atoms with E-state index in [9.17, 15) is 4.79 Å². The molecule has 7 heteroatoms. The number of methoxy groups -OCH3 is 1. The summed E-state index contributed by atoms with van der Waals surface area (Å²) in [7, 11) is 1.35. The fourth-order valence-electron chi connectivity index (χ4n) is 1.83. The Bertz CT molecular complexity index is 779. The van der Waals surface area contributed by atoms with Crippen molar-refractivity contribution >= 4 is 17.3 Å². The minimum atomic E-state index is -0.383. The van der Waals surface area contributed by atoms with Crippen molar-refractivity contribution in [1.82, 2.24) is 20.0 Å². The predicted molar refractivity (Wildman–Crippen MR) is 78.5 cm³/mol. The van der Waals surface area contributed by atoms with E-state index in [0.29, 0.717) is 21.3 Å². The third-order valence-corrected chi connectivity index (χ3v) is 4.03. The van der Waals surface area contributed by atoms with Crippen molar-refractivity contribution in [2.24, 2.45) is 0 Å². The maximum atomic E-state index is 11.6. The Morgan fingerprint density at radius 3 is 2.76 bits per heavy atom. The molecule has 0 saturated heterocycles. The summed E-state index contributed by atoms with van der Waals surface area (Å²) in [6, 6.07) is 9.59. The van der Waals surface area contributed by atoms with Crippen LogP contribution in [-0.4, -0.2) is 33.1 Å². The second-order valence-electron chi connectivity index (χ2n) is 4.28. The van der Waals surface area contributed by atoms with Crippen molar-refractivity contribution in [3.8, 4) is 16.4 Å². The molecule has 0 spiro atoms. The molecule has 106 valence electrons. The standard InChI is InChI=1S/C14H12N4O2S/c1-9-12(14(19)20-2)21-13(16-9)11-8-15-18(17-11)10-6-4-3-5-7-10/h3-8H,1-2H3. The van der Waals surface area contributed by atoms with Crippen LogP contribution in [0, 0.1) is 6.92 Å². The highest BCUT2D eigenvalue weighted by molar-refractivity contribution is 7.17. The van der Waals surface area contributed by atoms with E-state index in [1.54, 1.807) is 13.1 Å². The number of carbonyl (C=O) groups is 1. The number of hydrogen-bond donors (Lipinski definition) is 0. The lowest BCUT2D eigenvalue weighted by Gasteiger charge is -1.96. The first-order valence-corrected chi connectivity index (χ1v) is 7.04. The number of nitrogens with zero attached hydrogens (tertiary/aromatic N) is 4. The maximum absolute atomic E-state index is 11.6. The number of benzene rings is 1.